The number of hydrogen-bond donors (Lipinski definition) is 3. The summed E-state index contributed by atoms with van der Waals surface area (Å²) in [7, 11) is -3.87. The summed E-state index contributed by atoms with van der Waals surface area (Å²) < 4.78 is 23.1. The van der Waals surface area contributed by atoms with Crippen molar-refractivity contribution in [1.82, 2.24) is 4.98 Å². The van der Waals surface area contributed by atoms with Gasteiger partial charge in [-0.05, 0) is 60.7 Å². The highest BCUT2D eigenvalue weighted by molar-refractivity contribution is 7.89. The molecule has 152 valence electrons. The molecule has 7 nitrogen and oxygen atoms in total. The fourth-order valence-electron chi connectivity index (χ4n) is 3.13. The molecule has 3 aromatic rings. The number of nitrogens with two attached hydrogens (primary N) is 1. The number of allylic oxidation sites excluding steroid dienone is 1. The van der Waals surface area contributed by atoms with E-state index in [4.69, 9.17) is 16.7 Å². The molecule has 1 aliphatic heterocycles. The third-order valence-corrected chi connectivity index (χ3v) is 5.71. The molecule has 0 saturated carbocycles. The number of carbonyl (C=O) groups excluding carboxylic acids is 1. The minimum atomic E-state index is -3.87. The largest absolute Gasteiger partial charge is 0.336 e. The number of anilines is 3. The molecule has 1 amide bonds. The number of benzene rings is 2. The number of amides is 1. The molecule has 0 atom stereocenters. The number of aromatic nitrogens is 1. The van der Waals surface area contributed by atoms with Gasteiger partial charge in [0.25, 0.3) is 5.91 Å². The van der Waals surface area contributed by atoms with Crippen molar-refractivity contribution in [2.75, 3.05) is 10.2 Å². The minimum Gasteiger partial charge on any atom is -0.336 e. The number of hydrogen-bond acceptors (Lipinski definition) is 4. The van der Waals surface area contributed by atoms with Crippen molar-refractivity contribution in [1.29, 1.82) is 0 Å². The summed E-state index contributed by atoms with van der Waals surface area (Å²) in [6.45, 7) is 4.06. The van der Waals surface area contributed by atoms with Gasteiger partial charge >= 0.3 is 0 Å². The summed E-state index contributed by atoms with van der Waals surface area (Å²) in [5, 5.41) is 8.45. The highest BCUT2D eigenvalue weighted by Crippen LogP contribution is 2.37. The number of rotatable bonds is 4. The molecular weight excluding hydrogens is 424 g/mol. The van der Waals surface area contributed by atoms with Gasteiger partial charge in [-0.3, -0.25) is 9.69 Å². The zero-order valence-electron chi connectivity index (χ0n) is 15.6. The van der Waals surface area contributed by atoms with Gasteiger partial charge in [-0.25, -0.2) is 13.6 Å². The molecule has 4 N–H and O–H groups in total. The molecule has 0 fully saturated rings. The molecular formula is C21H17ClN4O3S. The molecule has 0 aliphatic carbocycles. The Kier molecular flexibility index (Phi) is 4.98. The molecule has 0 unspecified atom stereocenters. The van der Waals surface area contributed by atoms with Crippen LogP contribution in [-0.2, 0) is 10.0 Å². The Balaban J connectivity index is 1.64. The number of H-pyrrole nitrogens is 1. The Labute approximate surface area is 178 Å². The predicted octanol–water partition coefficient (Wildman–Crippen LogP) is 4.25. The first-order valence-electron chi connectivity index (χ1n) is 8.82. The second kappa shape index (κ2) is 7.49. The van der Waals surface area contributed by atoms with Gasteiger partial charge in [0, 0.05) is 27.7 Å². The molecule has 4 rings (SSSR count). The smallest absolute Gasteiger partial charge is 0.272 e. The van der Waals surface area contributed by atoms with E-state index < -0.39 is 15.9 Å². The third-order valence-electron chi connectivity index (χ3n) is 4.54. The first-order valence-corrected chi connectivity index (χ1v) is 10.7. The number of fused-ring (bicyclic) bond motifs is 1. The van der Waals surface area contributed by atoms with Crippen molar-refractivity contribution in [2.45, 2.75) is 4.90 Å². The molecule has 2 heterocycles. The topological polar surface area (TPSA) is 108 Å². The van der Waals surface area contributed by atoms with Crippen molar-refractivity contribution < 1.29 is 13.2 Å². The quantitative estimate of drug-likeness (QED) is 0.563. The molecule has 9 heteroatoms. The standard InChI is InChI=1S/C21H17ClN4O3S/c1-13-5-6-14-11-19(25-20(14)26(13)17-9-7-15(22)8-10-17)21(27)24-16-3-2-4-18(12-16)30(23,28)29/h2-12,25H,1H2,(H,24,27)(H2,23,28,29). The van der Waals surface area contributed by atoms with E-state index in [-0.39, 0.29) is 4.90 Å². The summed E-state index contributed by atoms with van der Waals surface area (Å²) in [6, 6.07) is 14.7. The monoisotopic (exact) mass is 440 g/mol. The van der Waals surface area contributed by atoms with Gasteiger partial charge in [0.15, 0.2) is 0 Å². The maximum Gasteiger partial charge on any atom is 0.272 e. The van der Waals surface area contributed by atoms with E-state index in [1.807, 2.05) is 29.2 Å². The van der Waals surface area contributed by atoms with Gasteiger partial charge in [0.05, 0.1) is 4.90 Å². The van der Waals surface area contributed by atoms with Crippen LogP contribution in [0.1, 0.15) is 16.1 Å². The van der Waals surface area contributed by atoms with E-state index >= 15 is 0 Å². The molecule has 1 aliphatic rings. The molecule has 1 aromatic heterocycles. The van der Waals surface area contributed by atoms with Crippen molar-refractivity contribution in [2.24, 2.45) is 5.14 Å². The molecule has 0 saturated heterocycles. The lowest BCUT2D eigenvalue weighted by Crippen LogP contribution is -2.18. The van der Waals surface area contributed by atoms with Crippen LogP contribution < -0.4 is 15.4 Å². The van der Waals surface area contributed by atoms with Crippen LogP contribution in [0.2, 0.25) is 5.02 Å². The zero-order valence-corrected chi connectivity index (χ0v) is 17.2. The number of sulfonamides is 1. The van der Waals surface area contributed by atoms with Gasteiger partial charge in [0.2, 0.25) is 10.0 Å². The van der Waals surface area contributed by atoms with Crippen molar-refractivity contribution in [3.05, 3.63) is 89.2 Å². The summed E-state index contributed by atoms with van der Waals surface area (Å²) in [6.07, 6.45) is 3.71. The van der Waals surface area contributed by atoms with Crippen LogP contribution in [0.25, 0.3) is 6.08 Å². The Morgan fingerprint density at radius 3 is 2.53 bits per heavy atom. The van der Waals surface area contributed by atoms with Crippen LogP contribution in [0.4, 0.5) is 17.2 Å². The number of carbonyl (C=O) groups is 1. The van der Waals surface area contributed by atoms with Gasteiger partial charge in [-0.15, -0.1) is 0 Å². The van der Waals surface area contributed by atoms with E-state index in [9.17, 15) is 13.2 Å². The number of primary sulfonamides is 1. The number of halogens is 1. The molecule has 30 heavy (non-hydrogen) atoms. The first kappa shape index (κ1) is 20.0. The lowest BCUT2D eigenvalue weighted by Gasteiger charge is -2.27. The Bertz CT molecular complexity index is 1290. The third kappa shape index (κ3) is 3.88. The van der Waals surface area contributed by atoms with Crippen LogP contribution in [0.3, 0.4) is 0 Å². The first-order chi connectivity index (χ1) is 14.2. The van der Waals surface area contributed by atoms with E-state index in [1.165, 1.54) is 18.2 Å². The van der Waals surface area contributed by atoms with E-state index in [0.717, 1.165) is 16.9 Å². The summed E-state index contributed by atoms with van der Waals surface area (Å²) in [5.41, 5.74) is 2.98. The summed E-state index contributed by atoms with van der Waals surface area (Å²) in [5.74, 6) is 0.263. The highest BCUT2D eigenvalue weighted by atomic mass is 35.5. The van der Waals surface area contributed by atoms with Crippen LogP contribution >= 0.6 is 11.6 Å². The predicted molar refractivity (Wildman–Crippen MR) is 118 cm³/mol. The van der Waals surface area contributed by atoms with Crippen LogP contribution in [0.5, 0.6) is 0 Å². The van der Waals surface area contributed by atoms with Gasteiger partial charge in [-0.1, -0.05) is 24.2 Å². The fraction of sp³-hybridized carbons (Fsp3) is 0. The van der Waals surface area contributed by atoms with E-state index in [2.05, 4.69) is 16.9 Å². The van der Waals surface area contributed by atoms with Crippen molar-refractivity contribution in [3.63, 3.8) is 0 Å². The average molecular weight is 441 g/mol. The van der Waals surface area contributed by atoms with Crippen molar-refractivity contribution >= 4 is 50.8 Å². The van der Waals surface area contributed by atoms with Gasteiger partial charge in [0.1, 0.15) is 11.5 Å². The Morgan fingerprint density at radius 2 is 1.83 bits per heavy atom. The summed E-state index contributed by atoms with van der Waals surface area (Å²) >= 11 is 5.99. The number of nitrogens with one attached hydrogen (secondary N) is 2. The van der Waals surface area contributed by atoms with E-state index in [1.54, 1.807) is 24.3 Å². The van der Waals surface area contributed by atoms with Crippen LogP contribution in [0.15, 0.2) is 77.8 Å². The molecule has 0 radical (unpaired) electrons. The van der Waals surface area contributed by atoms with Crippen molar-refractivity contribution in [3.8, 4) is 0 Å². The minimum absolute atomic E-state index is 0.0840. The maximum atomic E-state index is 12.8. The van der Waals surface area contributed by atoms with E-state index in [0.29, 0.717) is 22.2 Å². The Hall–Kier alpha value is -3.33. The fourth-order valence-corrected chi connectivity index (χ4v) is 3.82. The Morgan fingerprint density at radius 1 is 1.10 bits per heavy atom. The maximum absolute atomic E-state index is 12.8. The summed E-state index contributed by atoms with van der Waals surface area (Å²) in [4.78, 5) is 17.7. The lowest BCUT2D eigenvalue weighted by atomic mass is 10.1. The molecule has 0 bridgehead atoms. The molecule has 2 aromatic carbocycles. The zero-order chi connectivity index (χ0) is 21.5. The van der Waals surface area contributed by atoms with Crippen LogP contribution in [-0.4, -0.2) is 19.3 Å². The second-order valence-electron chi connectivity index (χ2n) is 6.65. The SMILES string of the molecule is C=C1C=Cc2cc(C(=O)Nc3cccc(S(N)(=O)=O)c3)[nH]c2N1c1ccc(Cl)cc1. The highest BCUT2D eigenvalue weighted by Gasteiger charge is 2.23. The van der Waals surface area contributed by atoms with Gasteiger partial charge in [-0.2, -0.15) is 0 Å². The van der Waals surface area contributed by atoms with Gasteiger partial charge < -0.3 is 10.3 Å². The average Bonchev–Trinajstić information content (AvgIpc) is 3.13. The number of nitrogens with zero attached hydrogens (tertiary/aromatic N) is 1. The number of aromatic amines is 1. The van der Waals surface area contributed by atoms with Crippen LogP contribution in [0, 0.1) is 0 Å². The normalized spacial score (nSPS) is 13.3. The molecule has 0 spiro atoms. The second-order valence-corrected chi connectivity index (χ2v) is 8.65. The lowest BCUT2D eigenvalue weighted by molar-refractivity contribution is 0.102.